The molecule has 0 saturated carbocycles. The van der Waals surface area contributed by atoms with E-state index in [4.69, 9.17) is 0 Å². The van der Waals surface area contributed by atoms with Crippen LogP contribution in [0, 0.1) is 0 Å². The molecule has 14 heavy (non-hydrogen) atoms. The van der Waals surface area contributed by atoms with Gasteiger partial charge in [-0.2, -0.15) is 0 Å². The third kappa shape index (κ3) is 1.50. The van der Waals surface area contributed by atoms with Crippen molar-refractivity contribution in [1.82, 2.24) is 0 Å². The number of phenolic OH excluding ortho intramolecular Hbond substituents is 1. The van der Waals surface area contributed by atoms with Gasteiger partial charge >= 0.3 is 0 Å². The first kappa shape index (κ1) is 9.53. The molecule has 1 unspecified atom stereocenters. The maximum atomic E-state index is 9.95. The molecular weight excluding hydrogens is 176 g/mol. The van der Waals surface area contributed by atoms with E-state index in [1.165, 1.54) is 12.0 Å². The number of aliphatic hydroxyl groups excluding tert-OH is 1. The van der Waals surface area contributed by atoms with E-state index in [1.54, 1.807) is 6.92 Å². The SMILES string of the molecule is CC(O)c1ccc2c(c1O)CCCC2. The summed E-state index contributed by atoms with van der Waals surface area (Å²) >= 11 is 0. The molecule has 2 heteroatoms. The summed E-state index contributed by atoms with van der Waals surface area (Å²) in [5.41, 5.74) is 2.96. The molecule has 1 aliphatic rings. The van der Waals surface area contributed by atoms with E-state index in [-0.39, 0.29) is 0 Å². The van der Waals surface area contributed by atoms with E-state index in [9.17, 15) is 10.2 Å². The molecule has 0 saturated heterocycles. The molecule has 0 spiro atoms. The largest absolute Gasteiger partial charge is 0.507 e. The van der Waals surface area contributed by atoms with Gasteiger partial charge in [-0.15, -0.1) is 0 Å². The van der Waals surface area contributed by atoms with Gasteiger partial charge in [-0.1, -0.05) is 12.1 Å². The standard InChI is InChI=1S/C12H16O2/c1-8(13)10-7-6-9-4-2-3-5-11(9)12(10)14/h6-8,13-14H,2-5H2,1H3. The highest BCUT2D eigenvalue weighted by Crippen LogP contribution is 2.34. The van der Waals surface area contributed by atoms with Gasteiger partial charge < -0.3 is 10.2 Å². The second kappa shape index (κ2) is 3.62. The Labute approximate surface area is 84.2 Å². The zero-order chi connectivity index (χ0) is 10.1. The average molecular weight is 192 g/mol. The number of fused-ring (bicyclic) bond motifs is 1. The second-order valence-corrected chi connectivity index (χ2v) is 4.02. The number of rotatable bonds is 1. The van der Waals surface area contributed by atoms with Gasteiger partial charge in [0, 0.05) is 5.56 Å². The first-order valence-corrected chi connectivity index (χ1v) is 5.22. The van der Waals surface area contributed by atoms with Crippen LogP contribution in [-0.4, -0.2) is 10.2 Å². The fraction of sp³-hybridized carbons (Fsp3) is 0.500. The number of hydrogen-bond donors (Lipinski definition) is 2. The summed E-state index contributed by atoms with van der Waals surface area (Å²) in [5, 5.41) is 19.4. The van der Waals surface area contributed by atoms with E-state index in [1.807, 2.05) is 12.1 Å². The molecule has 1 atom stereocenters. The van der Waals surface area contributed by atoms with Gasteiger partial charge in [0.2, 0.25) is 0 Å². The topological polar surface area (TPSA) is 40.5 Å². The van der Waals surface area contributed by atoms with Crippen molar-refractivity contribution < 1.29 is 10.2 Å². The van der Waals surface area contributed by atoms with Gasteiger partial charge in [0.05, 0.1) is 6.10 Å². The van der Waals surface area contributed by atoms with Gasteiger partial charge in [0.1, 0.15) is 5.75 Å². The molecule has 0 fully saturated rings. The average Bonchev–Trinajstić information content (AvgIpc) is 2.18. The quantitative estimate of drug-likeness (QED) is 0.717. The van der Waals surface area contributed by atoms with Crippen LogP contribution in [0.4, 0.5) is 0 Å². The molecule has 2 nitrogen and oxygen atoms in total. The van der Waals surface area contributed by atoms with Crippen molar-refractivity contribution >= 4 is 0 Å². The first-order chi connectivity index (χ1) is 6.70. The Morgan fingerprint density at radius 3 is 2.64 bits per heavy atom. The van der Waals surface area contributed by atoms with Crippen LogP contribution in [0.3, 0.4) is 0 Å². The number of aliphatic hydroxyl groups is 1. The lowest BCUT2D eigenvalue weighted by molar-refractivity contribution is 0.194. The predicted octanol–water partition coefficient (Wildman–Crippen LogP) is 2.32. The van der Waals surface area contributed by atoms with E-state index in [0.29, 0.717) is 11.3 Å². The zero-order valence-corrected chi connectivity index (χ0v) is 8.45. The fourth-order valence-corrected chi connectivity index (χ4v) is 2.16. The molecule has 0 heterocycles. The molecule has 0 aromatic heterocycles. The highest BCUT2D eigenvalue weighted by molar-refractivity contribution is 5.47. The Morgan fingerprint density at radius 2 is 1.93 bits per heavy atom. The van der Waals surface area contributed by atoms with Gasteiger partial charge in [-0.25, -0.2) is 0 Å². The molecular formula is C12H16O2. The van der Waals surface area contributed by atoms with E-state index >= 15 is 0 Å². The van der Waals surface area contributed by atoms with Crippen LogP contribution in [0.5, 0.6) is 5.75 Å². The molecule has 1 aliphatic carbocycles. The Bertz CT molecular complexity index is 342. The van der Waals surface area contributed by atoms with Crippen LogP contribution in [0.2, 0.25) is 0 Å². The van der Waals surface area contributed by atoms with Crippen LogP contribution in [0.15, 0.2) is 12.1 Å². The van der Waals surface area contributed by atoms with Crippen LogP contribution in [0.1, 0.15) is 42.6 Å². The third-order valence-electron chi connectivity index (χ3n) is 2.98. The van der Waals surface area contributed by atoms with E-state index < -0.39 is 6.10 Å². The van der Waals surface area contributed by atoms with Crippen molar-refractivity contribution in [3.63, 3.8) is 0 Å². The van der Waals surface area contributed by atoms with Crippen LogP contribution < -0.4 is 0 Å². The summed E-state index contributed by atoms with van der Waals surface area (Å²) in [6.45, 7) is 1.68. The van der Waals surface area contributed by atoms with Crippen LogP contribution in [-0.2, 0) is 12.8 Å². The summed E-state index contributed by atoms with van der Waals surface area (Å²) in [5.74, 6) is 0.317. The molecule has 0 bridgehead atoms. The lowest BCUT2D eigenvalue weighted by atomic mass is 9.88. The lowest BCUT2D eigenvalue weighted by Gasteiger charge is -2.19. The van der Waals surface area contributed by atoms with Crippen molar-refractivity contribution in [1.29, 1.82) is 0 Å². The summed E-state index contributed by atoms with van der Waals surface area (Å²) in [6.07, 6.45) is 3.77. The van der Waals surface area contributed by atoms with Crippen molar-refractivity contribution in [2.45, 2.75) is 38.7 Å². The Balaban J connectivity index is 2.49. The second-order valence-electron chi connectivity index (χ2n) is 4.02. The van der Waals surface area contributed by atoms with Crippen molar-refractivity contribution in [2.75, 3.05) is 0 Å². The van der Waals surface area contributed by atoms with E-state index in [0.717, 1.165) is 24.8 Å². The van der Waals surface area contributed by atoms with Gasteiger partial charge in [0.15, 0.2) is 0 Å². The molecule has 2 N–H and O–H groups in total. The fourth-order valence-electron chi connectivity index (χ4n) is 2.16. The molecule has 0 radical (unpaired) electrons. The lowest BCUT2D eigenvalue weighted by Crippen LogP contribution is -2.05. The number of benzene rings is 1. The minimum atomic E-state index is -0.581. The molecule has 76 valence electrons. The maximum Gasteiger partial charge on any atom is 0.124 e. The van der Waals surface area contributed by atoms with Crippen molar-refractivity contribution in [2.24, 2.45) is 0 Å². The number of phenols is 1. The normalized spacial score (nSPS) is 17.6. The molecule has 2 rings (SSSR count). The van der Waals surface area contributed by atoms with Crippen LogP contribution >= 0.6 is 0 Å². The Morgan fingerprint density at radius 1 is 1.21 bits per heavy atom. The van der Waals surface area contributed by atoms with Crippen LogP contribution in [0.25, 0.3) is 0 Å². The van der Waals surface area contributed by atoms with Gasteiger partial charge in [-0.05, 0) is 43.7 Å². The Kier molecular flexibility index (Phi) is 2.46. The molecule has 1 aromatic rings. The first-order valence-electron chi connectivity index (χ1n) is 5.22. The minimum absolute atomic E-state index is 0.317. The summed E-state index contributed by atoms with van der Waals surface area (Å²) in [7, 11) is 0. The molecule has 0 amide bonds. The van der Waals surface area contributed by atoms with Crippen molar-refractivity contribution in [3.05, 3.63) is 28.8 Å². The smallest absolute Gasteiger partial charge is 0.124 e. The zero-order valence-electron chi connectivity index (χ0n) is 8.45. The number of aryl methyl sites for hydroxylation is 1. The Hall–Kier alpha value is -1.02. The van der Waals surface area contributed by atoms with Crippen molar-refractivity contribution in [3.8, 4) is 5.75 Å². The molecule has 1 aromatic carbocycles. The summed E-state index contributed by atoms with van der Waals surface area (Å²) < 4.78 is 0. The highest BCUT2D eigenvalue weighted by atomic mass is 16.3. The van der Waals surface area contributed by atoms with Gasteiger partial charge in [-0.3, -0.25) is 0 Å². The summed E-state index contributed by atoms with van der Waals surface area (Å²) in [4.78, 5) is 0. The highest BCUT2D eigenvalue weighted by Gasteiger charge is 2.17. The van der Waals surface area contributed by atoms with Gasteiger partial charge in [0.25, 0.3) is 0 Å². The predicted molar refractivity (Wildman–Crippen MR) is 55.4 cm³/mol. The summed E-state index contributed by atoms with van der Waals surface area (Å²) in [6, 6.07) is 3.88. The number of hydrogen-bond acceptors (Lipinski definition) is 2. The minimum Gasteiger partial charge on any atom is -0.507 e. The third-order valence-corrected chi connectivity index (χ3v) is 2.98. The maximum absolute atomic E-state index is 9.95. The van der Waals surface area contributed by atoms with E-state index in [2.05, 4.69) is 0 Å². The monoisotopic (exact) mass is 192 g/mol. The number of aromatic hydroxyl groups is 1. The molecule has 0 aliphatic heterocycles.